The fourth-order valence-corrected chi connectivity index (χ4v) is 2.85. The van der Waals surface area contributed by atoms with E-state index in [0.29, 0.717) is 13.0 Å². The average Bonchev–Trinajstić information content (AvgIpc) is 2.79. The number of carbonyl (C=O) groups is 1. The number of rotatable bonds is 2. The van der Waals surface area contributed by atoms with Gasteiger partial charge in [-0.1, -0.05) is 18.2 Å². The molecule has 1 N–H and O–H groups in total. The SMILES string of the molecule is CCOC(=O)C1CCn2c(cc3ccccc32)C1O. The van der Waals surface area contributed by atoms with Gasteiger partial charge in [0.25, 0.3) is 0 Å². The lowest BCUT2D eigenvalue weighted by atomic mass is 9.93. The maximum absolute atomic E-state index is 11.8. The van der Waals surface area contributed by atoms with E-state index in [4.69, 9.17) is 4.74 Å². The first kappa shape index (κ1) is 12.2. The molecule has 100 valence electrons. The molecule has 2 aromatic rings. The number of carbonyl (C=O) groups excluding carboxylic acids is 1. The average molecular weight is 259 g/mol. The minimum Gasteiger partial charge on any atom is -0.466 e. The number of aryl methyl sites for hydroxylation is 1. The number of aromatic nitrogens is 1. The smallest absolute Gasteiger partial charge is 0.312 e. The fraction of sp³-hybridized carbons (Fsp3) is 0.400. The van der Waals surface area contributed by atoms with E-state index in [0.717, 1.165) is 23.1 Å². The Kier molecular flexibility index (Phi) is 3.03. The molecule has 0 saturated carbocycles. The molecule has 0 amide bonds. The van der Waals surface area contributed by atoms with Crippen molar-refractivity contribution < 1.29 is 14.6 Å². The molecule has 1 aliphatic rings. The monoisotopic (exact) mass is 259 g/mol. The van der Waals surface area contributed by atoms with Crippen molar-refractivity contribution in [2.24, 2.45) is 5.92 Å². The van der Waals surface area contributed by atoms with Gasteiger partial charge in [-0.05, 0) is 30.9 Å². The Morgan fingerprint density at radius 2 is 2.26 bits per heavy atom. The third-order valence-electron chi connectivity index (χ3n) is 3.78. The van der Waals surface area contributed by atoms with E-state index in [-0.39, 0.29) is 5.97 Å². The minimum atomic E-state index is -0.778. The maximum Gasteiger partial charge on any atom is 0.312 e. The van der Waals surface area contributed by atoms with Crippen LogP contribution in [0.15, 0.2) is 30.3 Å². The molecular formula is C15H17NO3. The van der Waals surface area contributed by atoms with Crippen LogP contribution in [0.4, 0.5) is 0 Å². The number of esters is 1. The van der Waals surface area contributed by atoms with Gasteiger partial charge in [-0.3, -0.25) is 4.79 Å². The van der Waals surface area contributed by atoms with E-state index in [9.17, 15) is 9.90 Å². The molecule has 19 heavy (non-hydrogen) atoms. The number of aliphatic hydroxyl groups excluding tert-OH is 1. The summed E-state index contributed by atoms with van der Waals surface area (Å²) in [4.78, 5) is 11.8. The summed E-state index contributed by atoms with van der Waals surface area (Å²) >= 11 is 0. The first-order valence-electron chi connectivity index (χ1n) is 6.65. The van der Waals surface area contributed by atoms with Crippen LogP contribution in [0, 0.1) is 5.92 Å². The van der Waals surface area contributed by atoms with E-state index in [1.165, 1.54) is 0 Å². The molecule has 1 aliphatic heterocycles. The zero-order chi connectivity index (χ0) is 13.4. The third-order valence-corrected chi connectivity index (χ3v) is 3.78. The Hall–Kier alpha value is -1.81. The van der Waals surface area contributed by atoms with Crippen molar-refractivity contribution in [3.63, 3.8) is 0 Å². The molecule has 1 aromatic heterocycles. The summed E-state index contributed by atoms with van der Waals surface area (Å²) in [7, 11) is 0. The first-order valence-corrected chi connectivity index (χ1v) is 6.65. The lowest BCUT2D eigenvalue weighted by molar-refractivity contribution is -0.153. The van der Waals surface area contributed by atoms with Crippen LogP contribution in [-0.2, 0) is 16.1 Å². The van der Waals surface area contributed by atoms with Crippen molar-refractivity contribution in [1.29, 1.82) is 0 Å². The van der Waals surface area contributed by atoms with Gasteiger partial charge in [-0.15, -0.1) is 0 Å². The second-order valence-electron chi connectivity index (χ2n) is 4.87. The zero-order valence-corrected chi connectivity index (χ0v) is 10.9. The van der Waals surface area contributed by atoms with Crippen LogP contribution < -0.4 is 0 Å². The summed E-state index contributed by atoms with van der Waals surface area (Å²) in [6.45, 7) is 2.87. The number of benzene rings is 1. The molecule has 0 spiro atoms. The lowest BCUT2D eigenvalue weighted by Crippen LogP contribution is -2.31. The standard InChI is InChI=1S/C15H17NO3/c1-2-19-15(18)11-7-8-16-12-6-4-3-5-10(12)9-13(16)14(11)17/h3-6,9,11,14,17H,2,7-8H2,1H3. The highest BCUT2D eigenvalue weighted by Crippen LogP contribution is 2.35. The second kappa shape index (κ2) is 4.70. The van der Waals surface area contributed by atoms with E-state index >= 15 is 0 Å². The van der Waals surface area contributed by atoms with Crippen molar-refractivity contribution in [3.05, 3.63) is 36.0 Å². The molecule has 3 rings (SSSR count). The molecular weight excluding hydrogens is 242 g/mol. The predicted molar refractivity (Wildman–Crippen MR) is 71.6 cm³/mol. The largest absolute Gasteiger partial charge is 0.466 e. The van der Waals surface area contributed by atoms with Crippen LogP contribution in [0.3, 0.4) is 0 Å². The normalized spacial score (nSPS) is 22.2. The molecule has 2 atom stereocenters. The van der Waals surface area contributed by atoms with E-state index in [1.54, 1.807) is 6.92 Å². The van der Waals surface area contributed by atoms with Gasteiger partial charge in [0, 0.05) is 17.8 Å². The van der Waals surface area contributed by atoms with Crippen molar-refractivity contribution >= 4 is 16.9 Å². The van der Waals surface area contributed by atoms with Crippen molar-refractivity contribution in [2.75, 3.05) is 6.61 Å². The van der Waals surface area contributed by atoms with Crippen LogP contribution in [0.1, 0.15) is 25.1 Å². The highest BCUT2D eigenvalue weighted by Gasteiger charge is 2.35. The summed E-state index contributed by atoms with van der Waals surface area (Å²) in [6, 6.07) is 9.98. The molecule has 0 saturated heterocycles. The van der Waals surface area contributed by atoms with Gasteiger partial charge < -0.3 is 14.4 Å². The van der Waals surface area contributed by atoms with Crippen molar-refractivity contribution in [2.45, 2.75) is 26.0 Å². The lowest BCUT2D eigenvalue weighted by Gasteiger charge is -2.28. The topological polar surface area (TPSA) is 51.5 Å². The number of hydrogen-bond acceptors (Lipinski definition) is 3. The van der Waals surface area contributed by atoms with Gasteiger partial charge in [0.15, 0.2) is 0 Å². The molecule has 4 heteroatoms. The molecule has 1 aromatic carbocycles. The van der Waals surface area contributed by atoms with Crippen LogP contribution >= 0.6 is 0 Å². The quantitative estimate of drug-likeness (QED) is 0.842. The summed E-state index contributed by atoms with van der Waals surface area (Å²) in [5.41, 5.74) is 1.92. The van der Waals surface area contributed by atoms with Gasteiger partial charge in [0.1, 0.15) is 6.10 Å². The van der Waals surface area contributed by atoms with E-state index < -0.39 is 12.0 Å². The number of hydrogen-bond donors (Lipinski definition) is 1. The van der Waals surface area contributed by atoms with Crippen molar-refractivity contribution in [3.8, 4) is 0 Å². The molecule has 2 heterocycles. The third kappa shape index (κ3) is 1.92. The van der Waals surface area contributed by atoms with Gasteiger partial charge >= 0.3 is 5.97 Å². The summed E-state index contributed by atoms with van der Waals surface area (Å²) in [5, 5.41) is 11.5. The highest BCUT2D eigenvalue weighted by molar-refractivity contribution is 5.82. The first-order chi connectivity index (χ1) is 9.22. The van der Waals surface area contributed by atoms with Gasteiger partial charge in [0.2, 0.25) is 0 Å². The Balaban J connectivity index is 1.99. The molecule has 4 nitrogen and oxygen atoms in total. The Morgan fingerprint density at radius 3 is 3.05 bits per heavy atom. The van der Waals surface area contributed by atoms with Crippen LogP contribution in [0.5, 0.6) is 0 Å². The highest BCUT2D eigenvalue weighted by atomic mass is 16.5. The summed E-state index contributed by atoms with van der Waals surface area (Å²) < 4.78 is 7.13. The molecule has 2 unspecified atom stereocenters. The Morgan fingerprint density at radius 1 is 1.47 bits per heavy atom. The Labute approximate surface area is 111 Å². The molecule has 0 fully saturated rings. The van der Waals surface area contributed by atoms with Gasteiger partial charge in [-0.25, -0.2) is 0 Å². The number of ether oxygens (including phenoxy) is 1. The van der Waals surface area contributed by atoms with Gasteiger partial charge in [0.05, 0.1) is 12.5 Å². The maximum atomic E-state index is 11.8. The molecule has 0 radical (unpaired) electrons. The number of nitrogens with zero attached hydrogens (tertiary/aromatic N) is 1. The predicted octanol–water partition coefficient (Wildman–Crippen LogP) is 2.26. The molecule has 0 aliphatic carbocycles. The van der Waals surface area contributed by atoms with E-state index in [1.807, 2.05) is 30.3 Å². The number of fused-ring (bicyclic) bond motifs is 3. The minimum absolute atomic E-state index is 0.300. The Bertz CT molecular complexity index is 617. The number of para-hydroxylation sites is 1. The van der Waals surface area contributed by atoms with Gasteiger partial charge in [-0.2, -0.15) is 0 Å². The summed E-state index contributed by atoms with van der Waals surface area (Å²) in [5.74, 6) is -0.747. The zero-order valence-electron chi connectivity index (χ0n) is 10.9. The molecule has 0 bridgehead atoms. The number of aliphatic hydroxyl groups is 1. The van der Waals surface area contributed by atoms with Crippen molar-refractivity contribution in [1.82, 2.24) is 4.57 Å². The fourth-order valence-electron chi connectivity index (χ4n) is 2.85. The summed E-state index contributed by atoms with van der Waals surface area (Å²) in [6.07, 6.45) is -0.161. The second-order valence-corrected chi connectivity index (χ2v) is 4.87. The van der Waals surface area contributed by atoms with Crippen LogP contribution in [-0.4, -0.2) is 22.2 Å². The van der Waals surface area contributed by atoms with Crippen LogP contribution in [0.2, 0.25) is 0 Å². The van der Waals surface area contributed by atoms with E-state index in [2.05, 4.69) is 4.57 Å². The van der Waals surface area contributed by atoms with Crippen LogP contribution in [0.25, 0.3) is 10.9 Å².